The summed E-state index contributed by atoms with van der Waals surface area (Å²) in [5, 5.41) is 11.1. The Morgan fingerprint density at radius 1 is 1.57 bits per heavy atom. The molecule has 0 bridgehead atoms. The van der Waals surface area contributed by atoms with Crippen molar-refractivity contribution in [2.45, 2.75) is 13.3 Å². The highest BCUT2D eigenvalue weighted by atomic mass is 16.4. The topological polar surface area (TPSA) is 66.4 Å². The summed E-state index contributed by atoms with van der Waals surface area (Å²) in [5.74, 6) is -0.883. The zero-order chi connectivity index (χ0) is 10.6. The molecule has 1 aromatic carbocycles. The standard InChI is InChI=1S/C10H11NO3/c1-7-2-3-8(5-10(13)14)4-9(7)11-6-12/h2-4,6H,5H2,1H3,(H,11,12)(H,13,14). The molecule has 4 nitrogen and oxygen atoms in total. The molecule has 2 N–H and O–H groups in total. The number of hydrogen-bond donors (Lipinski definition) is 2. The van der Waals surface area contributed by atoms with E-state index in [0.717, 1.165) is 5.56 Å². The second kappa shape index (κ2) is 4.41. The van der Waals surface area contributed by atoms with Crippen molar-refractivity contribution in [3.05, 3.63) is 29.3 Å². The molecule has 74 valence electrons. The average molecular weight is 193 g/mol. The van der Waals surface area contributed by atoms with E-state index in [1.165, 1.54) is 0 Å². The number of benzene rings is 1. The molecule has 0 aromatic heterocycles. The number of anilines is 1. The van der Waals surface area contributed by atoms with Crippen molar-refractivity contribution in [1.29, 1.82) is 0 Å². The molecule has 0 spiro atoms. The van der Waals surface area contributed by atoms with Crippen LogP contribution in [0.4, 0.5) is 5.69 Å². The molecule has 0 aliphatic rings. The number of hydrogen-bond acceptors (Lipinski definition) is 2. The molecule has 1 amide bonds. The summed E-state index contributed by atoms with van der Waals surface area (Å²) in [7, 11) is 0. The quantitative estimate of drug-likeness (QED) is 0.706. The minimum atomic E-state index is -0.883. The van der Waals surface area contributed by atoms with Crippen molar-refractivity contribution in [3.63, 3.8) is 0 Å². The molecule has 0 aliphatic heterocycles. The van der Waals surface area contributed by atoms with Crippen LogP contribution in [0.25, 0.3) is 0 Å². The number of carbonyl (C=O) groups is 2. The minimum Gasteiger partial charge on any atom is -0.481 e. The first-order chi connectivity index (χ1) is 6.63. The van der Waals surface area contributed by atoms with Crippen LogP contribution in [0.15, 0.2) is 18.2 Å². The van der Waals surface area contributed by atoms with Crippen molar-refractivity contribution in [2.24, 2.45) is 0 Å². The molecule has 0 aliphatic carbocycles. The van der Waals surface area contributed by atoms with Crippen LogP contribution in [0.5, 0.6) is 0 Å². The monoisotopic (exact) mass is 193 g/mol. The lowest BCUT2D eigenvalue weighted by molar-refractivity contribution is -0.136. The Labute approximate surface area is 81.6 Å². The molecule has 4 heteroatoms. The van der Waals surface area contributed by atoms with Crippen LogP contribution in [0, 0.1) is 6.92 Å². The maximum atomic E-state index is 10.4. The van der Waals surface area contributed by atoms with Gasteiger partial charge in [0.1, 0.15) is 0 Å². The van der Waals surface area contributed by atoms with Gasteiger partial charge in [-0.25, -0.2) is 0 Å². The Morgan fingerprint density at radius 2 is 2.29 bits per heavy atom. The predicted molar refractivity (Wildman–Crippen MR) is 52.2 cm³/mol. The van der Waals surface area contributed by atoms with Crippen LogP contribution < -0.4 is 5.32 Å². The van der Waals surface area contributed by atoms with Crippen LogP contribution in [-0.2, 0) is 16.0 Å². The van der Waals surface area contributed by atoms with E-state index >= 15 is 0 Å². The van der Waals surface area contributed by atoms with E-state index in [1.807, 2.05) is 6.92 Å². The molecule has 0 atom stereocenters. The van der Waals surface area contributed by atoms with Gasteiger partial charge in [0, 0.05) is 5.69 Å². The van der Waals surface area contributed by atoms with Gasteiger partial charge in [0.15, 0.2) is 0 Å². The van der Waals surface area contributed by atoms with Gasteiger partial charge in [-0.15, -0.1) is 0 Å². The Balaban J connectivity index is 2.93. The molecule has 0 unspecified atom stereocenters. The summed E-state index contributed by atoms with van der Waals surface area (Å²) in [4.78, 5) is 20.7. The molecule has 14 heavy (non-hydrogen) atoms. The minimum absolute atomic E-state index is 0.0339. The van der Waals surface area contributed by atoms with E-state index < -0.39 is 5.97 Å². The highest BCUT2D eigenvalue weighted by molar-refractivity contribution is 5.75. The van der Waals surface area contributed by atoms with Crippen LogP contribution in [-0.4, -0.2) is 17.5 Å². The fraction of sp³-hybridized carbons (Fsp3) is 0.200. The SMILES string of the molecule is Cc1ccc(CC(=O)O)cc1NC=O. The van der Waals surface area contributed by atoms with Gasteiger partial charge >= 0.3 is 5.97 Å². The first-order valence-electron chi connectivity index (χ1n) is 4.15. The summed E-state index contributed by atoms with van der Waals surface area (Å²) < 4.78 is 0. The Bertz CT molecular complexity index is 360. The average Bonchev–Trinajstić information content (AvgIpc) is 2.10. The van der Waals surface area contributed by atoms with E-state index in [-0.39, 0.29) is 6.42 Å². The largest absolute Gasteiger partial charge is 0.481 e. The number of amides is 1. The lowest BCUT2D eigenvalue weighted by atomic mass is 10.1. The molecule has 0 saturated heterocycles. The number of nitrogens with one attached hydrogen (secondary N) is 1. The van der Waals surface area contributed by atoms with E-state index in [0.29, 0.717) is 17.7 Å². The number of aliphatic carboxylic acids is 1. The zero-order valence-corrected chi connectivity index (χ0v) is 7.78. The third-order valence-corrected chi connectivity index (χ3v) is 1.87. The van der Waals surface area contributed by atoms with Gasteiger partial charge in [-0.2, -0.15) is 0 Å². The van der Waals surface area contributed by atoms with Gasteiger partial charge in [0.2, 0.25) is 6.41 Å². The predicted octanol–water partition coefficient (Wildman–Crippen LogP) is 1.19. The highest BCUT2D eigenvalue weighted by Gasteiger charge is 2.03. The zero-order valence-electron chi connectivity index (χ0n) is 7.78. The second-order valence-electron chi connectivity index (χ2n) is 2.98. The van der Waals surface area contributed by atoms with Crippen molar-refractivity contribution >= 4 is 18.1 Å². The summed E-state index contributed by atoms with van der Waals surface area (Å²) in [5.41, 5.74) is 2.23. The first kappa shape index (κ1) is 10.2. The van der Waals surface area contributed by atoms with Crippen molar-refractivity contribution < 1.29 is 14.7 Å². The van der Waals surface area contributed by atoms with E-state index in [1.54, 1.807) is 18.2 Å². The third-order valence-electron chi connectivity index (χ3n) is 1.87. The molecule has 1 rings (SSSR count). The van der Waals surface area contributed by atoms with Gasteiger partial charge in [-0.3, -0.25) is 9.59 Å². The number of rotatable bonds is 4. The molecule has 0 radical (unpaired) electrons. The van der Waals surface area contributed by atoms with Gasteiger partial charge < -0.3 is 10.4 Å². The Hall–Kier alpha value is -1.84. The Morgan fingerprint density at radius 3 is 2.86 bits per heavy atom. The highest BCUT2D eigenvalue weighted by Crippen LogP contribution is 2.16. The first-order valence-corrected chi connectivity index (χ1v) is 4.15. The molecular formula is C10H11NO3. The van der Waals surface area contributed by atoms with Crippen LogP contribution >= 0.6 is 0 Å². The molecular weight excluding hydrogens is 182 g/mol. The maximum Gasteiger partial charge on any atom is 0.307 e. The van der Waals surface area contributed by atoms with Gasteiger partial charge in [0.25, 0.3) is 0 Å². The van der Waals surface area contributed by atoms with Gasteiger partial charge in [0.05, 0.1) is 6.42 Å². The summed E-state index contributed by atoms with van der Waals surface area (Å²) in [6.45, 7) is 1.84. The van der Waals surface area contributed by atoms with Crippen molar-refractivity contribution in [2.75, 3.05) is 5.32 Å². The summed E-state index contributed by atoms with van der Waals surface area (Å²) >= 11 is 0. The third kappa shape index (κ3) is 2.58. The van der Waals surface area contributed by atoms with Crippen LogP contribution in [0.2, 0.25) is 0 Å². The summed E-state index contributed by atoms with van der Waals surface area (Å²) in [6.07, 6.45) is 0.542. The van der Waals surface area contributed by atoms with Crippen molar-refractivity contribution in [3.8, 4) is 0 Å². The summed E-state index contributed by atoms with van der Waals surface area (Å²) in [6, 6.07) is 5.18. The van der Waals surface area contributed by atoms with E-state index in [2.05, 4.69) is 5.32 Å². The number of carboxylic acids is 1. The normalized spacial score (nSPS) is 9.50. The second-order valence-corrected chi connectivity index (χ2v) is 2.98. The molecule has 1 aromatic rings. The number of aryl methyl sites for hydroxylation is 1. The van der Waals surface area contributed by atoms with Gasteiger partial charge in [-0.05, 0) is 24.1 Å². The van der Waals surface area contributed by atoms with Crippen LogP contribution in [0.3, 0.4) is 0 Å². The molecule has 0 saturated carbocycles. The smallest absolute Gasteiger partial charge is 0.307 e. The number of carbonyl (C=O) groups excluding carboxylic acids is 1. The van der Waals surface area contributed by atoms with Crippen LogP contribution in [0.1, 0.15) is 11.1 Å². The Kier molecular flexibility index (Phi) is 3.23. The maximum absolute atomic E-state index is 10.4. The fourth-order valence-corrected chi connectivity index (χ4v) is 1.17. The molecule has 0 fully saturated rings. The lowest BCUT2D eigenvalue weighted by Crippen LogP contribution is -2.02. The van der Waals surface area contributed by atoms with Gasteiger partial charge in [-0.1, -0.05) is 12.1 Å². The number of carboxylic acid groups (broad SMARTS) is 1. The van der Waals surface area contributed by atoms with E-state index in [9.17, 15) is 9.59 Å². The molecule has 0 heterocycles. The van der Waals surface area contributed by atoms with Crippen molar-refractivity contribution in [1.82, 2.24) is 0 Å². The van der Waals surface area contributed by atoms with E-state index in [4.69, 9.17) is 5.11 Å². The fourth-order valence-electron chi connectivity index (χ4n) is 1.17. The lowest BCUT2D eigenvalue weighted by Gasteiger charge is -2.05.